The van der Waals surface area contributed by atoms with Crippen LogP contribution in [-0.2, 0) is 9.53 Å². The van der Waals surface area contributed by atoms with Crippen LogP contribution in [0.25, 0.3) is 5.69 Å². The van der Waals surface area contributed by atoms with E-state index in [1.54, 1.807) is 18.2 Å². The molecular formula is C21H19F3N4O6. The van der Waals surface area contributed by atoms with Gasteiger partial charge in [-0.15, -0.1) is 13.2 Å². The standard InChI is InChI=1S/C21H19F3N4O6/c1-30-19-7-13(3-5-18(19)33-15-8-31-9-15)32-10-20(29)27-16-6-14(34-21(22,23)24)2-4-17(16)28-12-25-11-26-28/h2-7,11-12,15H,8-10H2,1H3,(H,27,29). The average molecular weight is 480 g/mol. The Morgan fingerprint density at radius 2 is 1.97 bits per heavy atom. The summed E-state index contributed by atoms with van der Waals surface area (Å²) in [7, 11) is 1.47. The maximum Gasteiger partial charge on any atom is 0.573 e. The first-order chi connectivity index (χ1) is 16.3. The van der Waals surface area contributed by atoms with E-state index in [1.165, 1.54) is 30.5 Å². The van der Waals surface area contributed by atoms with Crippen LogP contribution in [0.2, 0.25) is 0 Å². The molecule has 0 radical (unpaired) electrons. The second kappa shape index (κ2) is 9.87. The van der Waals surface area contributed by atoms with Gasteiger partial charge in [-0.1, -0.05) is 0 Å². The summed E-state index contributed by atoms with van der Waals surface area (Å²) in [5, 5.41) is 6.44. The van der Waals surface area contributed by atoms with Crippen LogP contribution >= 0.6 is 0 Å². The zero-order chi connectivity index (χ0) is 24.1. The maximum atomic E-state index is 12.6. The number of hydrogen-bond donors (Lipinski definition) is 1. The molecule has 34 heavy (non-hydrogen) atoms. The molecule has 1 aliphatic rings. The first kappa shape index (κ1) is 23.2. The highest BCUT2D eigenvalue weighted by atomic mass is 19.4. The number of carbonyl (C=O) groups is 1. The lowest BCUT2D eigenvalue weighted by Crippen LogP contribution is -2.38. The van der Waals surface area contributed by atoms with E-state index in [4.69, 9.17) is 18.9 Å². The molecule has 13 heteroatoms. The van der Waals surface area contributed by atoms with E-state index in [0.29, 0.717) is 30.5 Å². The Balaban J connectivity index is 1.44. The Hall–Kier alpha value is -4.00. The number of aromatic nitrogens is 3. The first-order valence-corrected chi connectivity index (χ1v) is 9.90. The zero-order valence-electron chi connectivity index (χ0n) is 17.7. The number of ether oxygens (including phenoxy) is 5. The first-order valence-electron chi connectivity index (χ1n) is 9.90. The molecule has 3 aromatic rings. The molecule has 1 N–H and O–H groups in total. The van der Waals surface area contributed by atoms with Gasteiger partial charge in [0.1, 0.15) is 30.3 Å². The van der Waals surface area contributed by atoms with Gasteiger partial charge in [0.2, 0.25) is 0 Å². The number of rotatable bonds is 9. The predicted octanol–water partition coefficient (Wildman–Crippen LogP) is 2.97. The van der Waals surface area contributed by atoms with E-state index >= 15 is 0 Å². The lowest BCUT2D eigenvalue weighted by atomic mass is 10.2. The number of hydrogen-bond acceptors (Lipinski definition) is 8. The van der Waals surface area contributed by atoms with Crippen molar-refractivity contribution in [2.24, 2.45) is 0 Å². The summed E-state index contributed by atoms with van der Waals surface area (Å²) >= 11 is 0. The molecule has 10 nitrogen and oxygen atoms in total. The Labute approximate surface area is 191 Å². The number of alkyl halides is 3. The van der Waals surface area contributed by atoms with Crippen molar-refractivity contribution in [1.82, 2.24) is 14.8 Å². The van der Waals surface area contributed by atoms with Crippen LogP contribution in [0.4, 0.5) is 18.9 Å². The predicted molar refractivity (Wildman–Crippen MR) is 110 cm³/mol. The van der Waals surface area contributed by atoms with Gasteiger partial charge in [0.15, 0.2) is 18.1 Å². The molecule has 180 valence electrons. The smallest absolute Gasteiger partial charge is 0.493 e. The van der Waals surface area contributed by atoms with E-state index < -0.39 is 24.6 Å². The molecule has 0 bridgehead atoms. The minimum Gasteiger partial charge on any atom is -0.493 e. The molecule has 0 aliphatic carbocycles. The van der Waals surface area contributed by atoms with Gasteiger partial charge in [-0.05, 0) is 24.3 Å². The van der Waals surface area contributed by atoms with Crippen LogP contribution in [0.3, 0.4) is 0 Å². The number of nitrogens with zero attached hydrogens (tertiary/aromatic N) is 3. The molecular weight excluding hydrogens is 461 g/mol. The third-order valence-corrected chi connectivity index (χ3v) is 4.55. The molecule has 0 saturated carbocycles. The summed E-state index contributed by atoms with van der Waals surface area (Å²) < 4.78 is 64.7. The van der Waals surface area contributed by atoms with Crippen molar-refractivity contribution >= 4 is 11.6 Å². The van der Waals surface area contributed by atoms with Crippen LogP contribution in [0.15, 0.2) is 49.1 Å². The van der Waals surface area contributed by atoms with E-state index in [0.717, 1.165) is 12.1 Å². The topological polar surface area (TPSA) is 106 Å². The normalized spacial score (nSPS) is 13.6. The van der Waals surface area contributed by atoms with Crippen molar-refractivity contribution in [3.05, 3.63) is 49.1 Å². The number of benzene rings is 2. The summed E-state index contributed by atoms with van der Waals surface area (Å²) in [6, 6.07) is 8.24. The monoisotopic (exact) mass is 480 g/mol. The van der Waals surface area contributed by atoms with Gasteiger partial charge >= 0.3 is 6.36 Å². The van der Waals surface area contributed by atoms with E-state index in [2.05, 4.69) is 20.1 Å². The van der Waals surface area contributed by atoms with Crippen molar-refractivity contribution in [3.8, 4) is 28.7 Å². The number of amides is 1. The molecule has 1 fully saturated rings. The zero-order valence-corrected chi connectivity index (χ0v) is 17.7. The molecule has 2 aromatic carbocycles. The van der Waals surface area contributed by atoms with E-state index in [9.17, 15) is 18.0 Å². The van der Waals surface area contributed by atoms with Crippen LogP contribution in [0.5, 0.6) is 23.0 Å². The van der Waals surface area contributed by atoms with Gasteiger partial charge in [-0.25, -0.2) is 9.67 Å². The number of halogens is 3. The van der Waals surface area contributed by atoms with Gasteiger partial charge in [0.05, 0.1) is 31.7 Å². The molecule has 0 unspecified atom stereocenters. The molecule has 4 rings (SSSR count). The number of carbonyl (C=O) groups excluding carboxylic acids is 1. The minimum absolute atomic E-state index is 0.0184. The minimum atomic E-state index is -4.89. The Morgan fingerprint density at radius 1 is 1.18 bits per heavy atom. The van der Waals surface area contributed by atoms with Crippen LogP contribution in [0.1, 0.15) is 0 Å². The number of methoxy groups -OCH3 is 1. The van der Waals surface area contributed by atoms with Gasteiger partial charge < -0.3 is 29.0 Å². The highest BCUT2D eigenvalue weighted by Gasteiger charge is 2.31. The lowest BCUT2D eigenvalue weighted by molar-refractivity contribution is -0.274. The van der Waals surface area contributed by atoms with Crippen LogP contribution in [0, 0.1) is 0 Å². The summed E-state index contributed by atoms with van der Waals surface area (Å²) in [6.45, 7) is 0.557. The van der Waals surface area contributed by atoms with Gasteiger partial charge in [0.25, 0.3) is 5.91 Å². The summed E-state index contributed by atoms with van der Waals surface area (Å²) in [4.78, 5) is 16.3. The fraction of sp³-hybridized carbons (Fsp3) is 0.286. The quantitative estimate of drug-likeness (QED) is 0.499. The SMILES string of the molecule is COc1cc(OCC(=O)Nc2cc(OC(F)(F)F)ccc2-n2cncn2)ccc1OC1COC1. The van der Waals surface area contributed by atoms with Crippen LogP contribution < -0.4 is 24.3 Å². The second-order valence-corrected chi connectivity index (χ2v) is 6.99. The number of nitrogens with one attached hydrogen (secondary N) is 1. The Morgan fingerprint density at radius 3 is 2.62 bits per heavy atom. The second-order valence-electron chi connectivity index (χ2n) is 6.99. The maximum absolute atomic E-state index is 12.6. The summed E-state index contributed by atoms with van der Waals surface area (Å²) in [5.41, 5.74) is 0.299. The average Bonchev–Trinajstić information content (AvgIpc) is 3.29. The molecule has 2 heterocycles. The van der Waals surface area contributed by atoms with Crippen molar-refractivity contribution < 1.29 is 41.7 Å². The highest BCUT2D eigenvalue weighted by molar-refractivity contribution is 5.94. The van der Waals surface area contributed by atoms with E-state index in [-0.39, 0.29) is 17.5 Å². The third-order valence-electron chi connectivity index (χ3n) is 4.55. The van der Waals surface area contributed by atoms with Crippen molar-refractivity contribution in [2.75, 3.05) is 32.2 Å². The van der Waals surface area contributed by atoms with Crippen molar-refractivity contribution in [2.45, 2.75) is 12.5 Å². The Bertz CT molecular complexity index is 1140. The largest absolute Gasteiger partial charge is 0.573 e. The van der Waals surface area contributed by atoms with Gasteiger partial charge in [-0.3, -0.25) is 4.79 Å². The highest BCUT2D eigenvalue weighted by Crippen LogP contribution is 2.33. The third kappa shape index (κ3) is 5.86. The van der Waals surface area contributed by atoms with E-state index in [1.807, 2.05) is 0 Å². The molecule has 0 spiro atoms. The van der Waals surface area contributed by atoms with Crippen molar-refractivity contribution in [3.63, 3.8) is 0 Å². The Kier molecular flexibility index (Phi) is 6.72. The van der Waals surface area contributed by atoms with Gasteiger partial charge in [-0.2, -0.15) is 5.10 Å². The van der Waals surface area contributed by atoms with Gasteiger partial charge in [0, 0.05) is 12.1 Å². The number of anilines is 1. The van der Waals surface area contributed by atoms with Crippen LogP contribution in [-0.4, -0.2) is 60.1 Å². The fourth-order valence-corrected chi connectivity index (χ4v) is 2.98. The molecule has 1 amide bonds. The summed E-state index contributed by atoms with van der Waals surface area (Å²) in [6.07, 6.45) is -2.37. The fourth-order valence-electron chi connectivity index (χ4n) is 2.98. The molecule has 0 atom stereocenters. The summed E-state index contributed by atoms with van der Waals surface area (Å²) in [5.74, 6) is 0.109. The van der Waals surface area contributed by atoms with Crippen molar-refractivity contribution in [1.29, 1.82) is 0 Å². The molecule has 1 saturated heterocycles. The molecule has 1 aromatic heterocycles. The lowest BCUT2D eigenvalue weighted by Gasteiger charge is -2.27. The molecule has 1 aliphatic heterocycles.